The van der Waals surface area contributed by atoms with Crippen molar-refractivity contribution in [3.63, 3.8) is 0 Å². The van der Waals surface area contributed by atoms with Gasteiger partial charge in [-0.05, 0) is 40.2 Å². The Morgan fingerprint density at radius 3 is 2.64 bits per heavy atom. The molecule has 1 aromatic heterocycles. The first-order chi connectivity index (χ1) is 13.3. The fourth-order valence-corrected chi connectivity index (χ4v) is 3.12. The molecule has 1 unspecified atom stereocenters. The van der Waals surface area contributed by atoms with Gasteiger partial charge >= 0.3 is 5.97 Å². The van der Waals surface area contributed by atoms with E-state index in [0.29, 0.717) is 10.2 Å². The molecule has 28 heavy (non-hydrogen) atoms. The lowest BCUT2D eigenvalue weighted by molar-refractivity contribution is -0.165. The third-order valence-electron chi connectivity index (χ3n) is 3.89. The maximum atomic E-state index is 13.6. The average Bonchev–Trinajstić information content (AvgIpc) is 3.16. The van der Waals surface area contributed by atoms with E-state index in [1.807, 2.05) is 0 Å². The normalized spacial score (nSPS) is 13.0. The highest BCUT2D eigenvalue weighted by Gasteiger charge is 2.42. The molecular formula is C18H14BrClFN3O4. The van der Waals surface area contributed by atoms with E-state index < -0.39 is 17.4 Å². The molecule has 0 amide bonds. The molecule has 0 bridgehead atoms. The van der Waals surface area contributed by atoms with Crippen molar-refractivity contribution in [2.45, 2.75) is 12.1 Å². The average molecular weight is 471 g/mol. The zero-order valence-electron chi connectivity index (χ0n) is 14.5. The zero-order chi connectivity index (χ0) is 20.3. The number of hydrogen-bond donors (Lipinski definition) is 1. The van der Waals surface area contributed by atoms with Crippen molar-refractivity contribution in [1.82, 2.24) is 14.8 Å². The van der Waals surface area contributed by atoms with Gasteiger partial charge in [0.25, 0.3) is 0 Å². The van der Waals surface area contributed by atoms with Gasteiger partial charge in [-0.25, -0.2) is 18.9 Å². The molecule has 10 heteroatoms. The molecule has 2 aromatic carbocycles. The number of methoxy groups -OCH3 is 1. The lowest BCUT2D eigenvalue weighted by Gasteiger charge is -2.26. The number of benzene rings is 2. The Balaban J connectivity index is 1.92. The number of carbonyl (C=O) groups is 1. The second kappa shape index (κ2) is 8.26. The molecule has 3 rings (SSSR count). The van der Waals surface area contributed by atoms with E-state index in [1.54, 1.807) is 6.07 Å². The molecule has 0 saturated carbocycles. The molecule has 146 valence electrons. The molecule has 1 N–H and O–H groups in total. The maximum Gasteiger partial charge on any atom is 0.344 e. The first-order valence-electron chi connectivity index (χ1n) is 7.89. The number of halogens is 3. The van der Waals surface area contributed by atoms with Gasteiger partial charge in [-0.3, -0.25) is 0 Å². The molecule has 0 radical (unpaired) electrons. The Hall–Kier alpha value is -2.49. The van der Waals surface area contributed by atoms with Crippen LogP contribution in [0.5, 0.6) is 11.5 Å². The molecule has 3 aromatic rings. The SMILES string of the molecule is COC(=O)C(O)(Cn1cncn1)c1ccc(Oc2ccc(Br)c(F)c2)cc1Cl. The second-order valence-electron chi connectivity index (χ2n) is 5.76. The largest absolute Gasteiger partial charge is 0.467 e. The minimum absolute atomic E-state index is 0.0584. The highest BCUT2D eigenvalue weighted by atomic mass is 79.9. The van der Waals surface area contributed by atoms with Crippen molar-refractivity contribution < 1.29 is 23.8 Å². The van der Waals surface area contributed by atoms with Crippen LogP contribution in [0, 0.1) is 5.82 Å². The summed E-state index contributed by atoms with van der Waals surface area (Å²) >= 11 is 9.37. The Bertz CT molecular complexity index is 1000. The zero-order valence-corrected chi connectivity index (χ0v) is 16.8. The molecule has 0 saturated heterocycles. The molecule has 7 nitrogen and oxygen atoms in total. The third kappa shape index (κ3) is 4.16. The summed E-state index contributed by atoms with van der Waals surface area (Å²) in [7, 11) is 1.15. The molecule has 0 spiro atoms. The van der Waals surface area contributed by atoms with Gasteiger partial charge in [-0.15, -0.1) is 0 Å². The van der Waals surface area contributed by atoms with Gasteiger partial charge in [0.15, 0.2) is 0 Å². The number of nitrogens with zero attached hydrogens (tertiary/aromatic N) is 3. The lowest BCUT2D eigenvalue weighted by Crippen LogP contribution is -2.41. The topological polar surface area (TPSA) is 86.5 Å². The van der Waals surface area contributed by atoms with Crippen LogP contribution in [0.2, 0.25) is 5.02 Å². The van der Waals surface area contributed by atoms with Crippen molar-refractivity contribution in [1.29, 1.82) is 0 Å². The molecular weight excluding hydrogens is 457 g/mol. The molecule has 1 atom stereocenters. The first kappa shape index (κ1) is 20.2. The van der Waals surface area contributed by atoms with E-state index in [1.165, 1.54) is 47.7 Å². The number of carbonyl (C=O) groups excluding carboxylic acids is 1. The van der Waals surface area contributed by atoms with Crippen molar-refractivity contribution in [3.8, 4) is 11.5 Å². The number of ether oxygens (including phenoxy) is 2. The van der Waals surface area contributed by atoms with Crippen LogP contribution in [0.4, 0.5) is 4.39 Å². The van der Waals surface area contributed by atoms with Gasteiger partial charge in [0.05, 0.1) is 23.1 Å². The summed E-state index contributed by atoms with van der Waals surface area (Å²) in [5.41, 5.74) is -1.99. The van der Waals surface area contributed by atoms with Crippen molar-refractivity contribution >= 4 is 33.5 Å². The number of aliphatic hydroxyl groups is 1. The van der Waals surface area contributed by atoms with Gasteiger partial charge in [-0.2, -0.15) is 5.10 Å². The van der Waals surface area contributed by atoms with Crippen molar-refractivity contribution in [2.75, 3.05) is 7.11 Å². The van der Waals surface area contributed by atoms with Crippen molar-refractivity contribution in [2.24, 2.45) is 0 Å². The smallest absolute Gasteiger partial charge is 0.344 e. The number of hydrogen-bond acceptors (Lipinski definition) is 6. The summed E-state index contributed by atoms with van der Waals surface area (Å²) in [6, 6.07) is 8.63. The first-order valence-corrected chi connectivity index (χ1v) is 9.06. The van der Waals surface area contributed by atoms with Gasteiger partial charge < -0.3 is 14.6 Å². The van der Waals surface area contributed by atoms with E-state index in [2.05, 4.69) is 26.0 Å². The minimum Gasteiger partial charge on any atom is -0.467 e. The fraction of sp³-hybridized carbons (Fsp3) is 0.167. The molecule has 1 heterocycles. The van der Waals surface area contributed by atoms with E-state index >= 15 is 0 Å². The van der Waals surface area contributed by atoms with Crippen LogP contribution in [0.3, 0.4) is 0 Å². The Morgan fingerprint density at radius 2 is 2.04 bits per heavy atom. The summed E-state index contributed by atoms with van der Waals surface area (Å²) in [4.78, 5) is 16.1. The predicted molar refractivity (Wildman–Crippen MR) is 102 cm³/mol. The molecule has 0 aliphatic rings. The fourth-order valence-electron chi connectivity index (χ4n) is 2.55. The van der Waals surface area contributed by atoms with Crippen LogP contribution in [0.1, 0.15) is 5.56 Å². The summed E-state index contributed by atoms with van der Waals surface area (Å²) < 4.78 is 25.6. The highest BCUT2D eigenvalue weighted by Crippen LogP contribution is 2.35. The van der Waals surface area contributed by atoms with Crippen LogP contribution < -0.4 is 4.74 Å². The summed E-state index contributed by atoms with van der Waals surface area (Å²) in [6.07, 6.45) is 2.62. The Kier molecular flexibility index (Phi) is 5.97. The standard InChI is InChI=1S/C18H14BrClFN3O4/c1-27-17(25)18(26,8-24-10-22-9-23-24)13-4-2-11(6-15(13)20)28-12-3-5-14(19)16(21)7-12/h2-7,9-10,26H,8H2,1H3. The van der Waals surface area contributed by atoms with Gasteiger partial charge in [0, 0.05) is 11.6 Å². The summed E-state index contributed by atoms with van der Waals surface area (Å²) in [5.74, 6) is -0.833. The van der Waals surface area contributed by atoms with Crippen LogP contribution in [0.25, 0.3) is 0 Å². The minimum atomic E-state index is -2.10. The van der Waals surface area contributed by atoms with Crippen molar-refractivity contribution in [3.05, 3.63) is 69.9 Å². The lowest BCUT2D eigenvalue weighted by atomic mass is 9.93. The van der Waals surface area contributed by atoms with E-state index in [9.17, 15) is 14.3 Å². The van der Waals surface area contributed by atoms with Gasteiger partial charge in [0.1, 0.15) is 30.0 Å². The maximum absolute atomic E-state index is 13.6. The van der Waals surface area contributed by atoms with Gasteiger partial charge in [-0.1, -0.05) is 17.7 Å². The number of rotatable bonds is 6. The molecule has 0 aliphatic heterocycles. The summed E-state index contributed by atoms with van der Waals surface area (Å²) in [6.45, 7) is -0.252. The highest BCUT2D eigenvalue weighted by molar-refractivity contribution is 9.10. The van der Waals surface area contributed by atoms with Crippen LogP contribution >= 0.6 is 27.5 Å². The Morgan fingerprint density at radius 1 is 1.32 bits per heavy atom. The quantitative estimate of drug-likeness (QED) is 0.553. The van der Waals surface area contributed by atoms with E-state index in [4.69, 9.17) is 21.1 Å². The van der Waals surface area contributed by atoms with E-state index in [-0.39, 0.29) is 22.9 Å². The van der Waals surface area contributed by atoms with E-state index in [0.717, 1.165) is 7.11 Å². The van der Waals surface area contributed by atoms with Crippen LogP contribution in [0.15, 0.2) is 53.5 Å². The number of aromatic nitrogens is 3. The summed E-state index contributed by atoms with van der Waals surface area (Å²) in [5, 5.41) is 15.0. The third-order valence-corrected chi connectivity index (χ3v) is 4.85. The monoisotopic (exact) mass is 469 g/mol. The number of esters is 1. The second-order valence-corrected chi connectivity index (χ2v) is 7.03. The van der Waals surface area contributed by atoms with Crippen LogP contribution in [-0.2, 0) is 21.7 Å². The predicted octanol–water partition coefficient (Wildman–Crippen LogP) is 3.69. The van der Waals surface area contributed by atoms with Crippen LogP contribution in [-0.4, -0.2) is 33.0 Å². The molecule has 0 aliphatic carbocycles. The Labute approximate surface area is 172 Å². The molecule has 0 fully saturated rings. The van der Waals surface area contributed by atoms with Gasteiger partial charge in [0.2, 0.25) is 5.60 Å².